The van der Waals surface area contributed by atoms with Crippen LogP contribution in [0.5, 0.6) is 0 Å². The highest BCUT2D eigenvalue weighted by molar-refractivity contribution is 5.90. The van der Waals surface area contributed by atoms with E-state index in [0.717, 1.165) is 18.7 Å². The van der Waals surface area contributed by atoms with Crippen molar-refractivity contribution in [2.24, 2.45) is 0 Å². The summed E-state index contributed by atoms with van der Waals surface area (Å²) in [5, 5.41) is 3.98. The number of ether oxygens (including phenoxy) is 1. The van der Waals surface area contributed by atoms with Gasteiger partial charge in [-0.2, -0.15) is 4.98 Å². The molecule has 0 aliphatic carbocycles. The molecule has 0 unspecified atom stereocenters. The molecule has 3 heterocycles. The Hall–Kier alpha value is -2.41. The largest absolute Gasteiger partial charge is 0.378 e. The number of amides is 1. The fraction of sp³-hybridized carbons (Fsp3) is 0.526. The molecule has 2 saturated heterocycles. The second-order valence-electron chi connectivity index (χ2n) is 6.78. The third-order valence-electron chi connectivity index (χ3n) is 5.00. The van der Waals surface area contributed by atoms with Gasteiger partial charge in [-0.05, 0) is 37.1 Å². The molecule has 26 heavy (non-hydrogen) atoms. The molecule has 2 aliphatic heterocycles. The number of aromatic nitrogens is 2. The topological polar surface area (TPSA) is 71.7 Å². The summed E-state index contributed by atoms with van der Waals surface area (Å²) >= 11 is 0. The molecular weight excluding hydrogens is 332 g/mol. The number of anilines is 1. The predicted octanol–water partition coefficient (Wildman–Crippen LogP) is 2.59. The van der Waals surface area contributed by atoms with Gasteiger partial charge in [-0.25, -0.2) is 0 Å². The van der Waals surface area contributed by atoms with E-state index in [9.17, 15) is 4.79 Å². The lowest BCUT2D eigenvalue weighted by atomic mass is 10.2. The summed E-state index contributed by atoms with van der Waals surface area (Å²) in [6, 6.07) is 8.18. The van der Waals surface area contributed by atoms with Crippen LogP contribution in [0.2, 0.25) is 0 Å². The zero-order valence-corrected chi connectivity index (χ0v) is 14.9. The van der Waals surface area contributed by atoms with Gasteiger partial charge in [0.2, 0.25) is 5.82 Å². The van der Waals surface area contributed by atoms with E-state index in [-0.39, 0.29) is 11.8 Å². The number of carbonyl (C=O) groups excluding carboxylic acids is 1. The first-order chi connectivity index (χ1) is 12.8. The molecule has 0 atom stereocenters. The van der Waals surface area contributed by atoms with Crippen molar-refractivity contribution in [2.45, 2.75) is 25.7 Å². The molecule has 0 radical (unpaired) electrons. The Morgan fingerprint density at radius 3 is 2.31 bits per heavy atom. The maximum atomic E-state index is 12.4. The minimum atomic E-state index is -0.228. The molecule has 0 spiro atoms. The van der Waals surface area contributed by atoms with Crippen molar-refractivity contribution in [3.05, 3.63) is 30.2 Å². The van der Waals surface area contributed by atoms with Gasteiger partial charge in [0.05, 0.1) is 13.2 Å². The van der Waals surface area contributed by atoms with E-state index in [1.54, 1.807) is 4.90 Å². The summed E-state index contributed by atoms with van der Waals surface area (Å²) in [7, 11) is 0. The number of hydrogen-bond acceptors (Lipinski definition) is 6. The van der Waals surface area contributed by atoms with Crippen LogP contribution in [0.1, 0.15) is 36.4 Å². The van der Waals surface area contributed by atoms with E-state index in [0.29, 0.717) is 32.1 Å². The molecule has 7 nitrogen and oxygen atoms in total. The van der Waals surface area contributed by atoms with Gasteiger partial charge < -0.3 is 19.1 Å². The van der Waals surface area contributed by atoms with E-state index >= 15 is 0 Å². The van der Waals surface area contributed by atoms with Gasteiger partial charge in [-0.3, -0.25) is 4.79 Å². The maximum absolute atomic E-state index is 12.4. The van der Waals surface area contributed by atoms with E-state index in [1.807, 2.05) is 12.1 Å². The summed E-state index contributed by atoms with van der Waals surface area (Å²) in [5.74, 6) is 0.260. The van der Waals surface area contributed by atoms with Gasteiger partial charge in [-0.15, -0.1) is 0 Å². The summed E-state index contributed by atoms with van der Waals surface area (Å²) < 4.78 is 10.5. The third kappa shape index (κ3) is 3.72. The van der Waals surface area contributed by atoms with Crippen molar-refractivity contribution in [2.75, 3.05) is 44.3 Å². The molecule has 2 aliphatic rings. The van der Waals surface area contributed by atoms with E-state index < -0.39 is 0 Å². The average molecular weight is 356 g/mol. The van der Waals surface area contributed by atoms with Crippen molar-refractivity contribution >= 4 is 11.6 Å². The second kappa shape index (κ2) is 7.86. The lowest BCUT2D eigenvalue weighted by Crippen LogP contribution is -2.40. The number of nitrogens with zero attached hydrogens (tertiary/aromatic N) is 4. The fourth-order valence-electron chi connectivity index (χ4n) is 3.48. The zero-order chi connectivity index (χ0) is 17.8. The SMILES string of the molecule is O=C(c1nc(-c2ccc(N3CCCCCC3)cc2)no1)N1CCOCC1. The molecule has 2 aromatic rings. The summed E-state index contributed by atoms with van der Waals surface area (Å²) in [6.07, 6.45) is 5.13. The molecule has 1 aromatic carbocycles. The lowest BCUT2D eigenvalue weighted by molar-refractivity contribution is 0.0272. The van der Waals surface area contributed by atoms with Gasteiger partial charge in [0.25, 0.3) is 0 Å². The van der Waals surface area contributed by atoms with Crippen molar-refractivity contribution in [1.82, 2.24) is 15.0 Å². The van der Waals surface area contributed by atoms with Crippen LogP contribution in [-0.4, -0.2) is 60.3 Å². The van der Waals surface area contributed by atoms with Gasteiger partial charge in [0.1, 0.15) is 0 Å². The normalized spacial score (nSPS) is 18.6. The Bertz CT molecular complexity index is 729. The van der Waals surface area contributed by atoms with E-state index in [1.165, 1.54) is 31.4 Å². The molecule has 7 heteroatoms. The standard InChI is InChI=1S/C19H24N4O3/c24-19(23-11-13-25-14-12-23)18-20-17(21-26-18)15-5-7-16(8-6-15)22-9-3-1-2-4-10-22/h5-8H,1-4,9-14H2. The van der Waals surface area contributed by atoms with Gasteiger partial charge in [0, 0.05) is 37.4 Å². The number of rotatable bonds is 3. The Balaban J connectivity index is 1.46. The molecule has 0 saturated carbocycles. The number of morpholine rings is 1. The first-order valence-corrected chi connectivity index (χ1v) is 9.37. The Kier molecular flexibility index (Phi) is 5.15. The Morgan fingerprint density at radius 2 is 1.62 bits per heavy atom. The smallest absolute Gasteiger partial charge is 0.316 e. The van der Waals surface area contributed by atoms with Gasteiger partial charge in [-0.1, -0.05) is 18.0 Å². The molecule has 138 valence electrons. The van der Waals surface area contributed by atoms with Crippen LogP contribution in [0.25, 0.3) is 11.4 Å². The van der Waals surface area contributed by atoms with Crippen LogP contribution in [0.15, 0.2) is 28.8 Å². The van der Waals surface area contributed by atoms with Crippen molar-refractivity contribution in [3.63, 3.8) is 0 Å². The highest BCUT2D eigenvalue weighted by Gasteiger charge is 2.24. The lowest BCUT2D eigenvalue weighted by Gasteiger charge is -2.25. The molecule has 4 rings (SSSR count). The maximum Gasteiger partial charge on any atom is 0.316 e. The minimum absolute atomic E-state index is 0.0403. The fourth-order valence-corrected chi connectivity index (χ4v) is 3.48. The monoisotopic (exact) mass is 356 g/mol. The van der Waals surface area contributed by atoms with Crippen LogP contribution in [0.3, 0.4) is 0 Å². The molecule has 2 fully saturated rings. The molecule has 0 N–H and O–H groups in total. The zero-order valence-electron chi connectivity index (χ0n) is 14.9. The van der Waals surface area contributed by atoms with Crippen molar-refractivity contribution < 1.29 is 14.1 Å². The van der Waals surface area contributed by atoms with Crippen LogP contribution in [0, 0.1) is 0 Å². The molecule has 0 bridgehead atoms. The first-order valence-electron chi connectivity index (χ1n) is 9.37. The number of benzene rings is 1. The van der Waals surface area contributed by atoms with Gasteiger partial charge >= 0.3 is 11.8 Å². The van der Waals surface area contributed by atoms with Crippen molar-refractivity contribution in [3.8, 4) is 11.4 Å². The Labute approximate surface area is 152 Å². The van der Waals surface area contributed by atoms with Crippen LogP contribution < -0.4 is 4.90 Å². The summed E-state index contributed by atoms with van der Waals surface area (Å²) in [6.45, 7) is 4.43. The first kappa shape index (κ1) is 17.0. The molecule has 1 aromatic heterocycles. The Morgan fingerprint density at radius 1 is 0.923 bits per heavy atom. The molecule has 1 amide bonds. The minimum Gasteiger partial charge on any atom is -0.378 e. The quantitative estimate of drug-likeness (QED) is 0.842. The van der Waals surface area contributed by atoms with Gasteiger partial charge in [0.15, 0.2) is 0 Å². The number of carbonyl (C=O) groups is 1. The van der Waals surface area contributed by atoms with Crippen molar-refractivity contribution in [1.29, 1.82) is 0 Å². The van der Waals surface area contributed by atoms with Crippen LogP contribution in [0.4, 0.5) is 5.69 Å². The third-order valence-corrected chi connectivity index (χ3v) is 5.00. The van der Waals surface area contributed by atoms with E-state index in [2.05, 4.69) is 27.2 Å². The van der Waals surface area contributed by atoms with Crippen LogP contribution >= 0.6 is 0 Å². The van der Waals surface area contributed by atoms with Crippen LogP contribution in [-0.2, 0) is 4.74 Å². The highest BCUT2D eigenvalue weighted by atomic mass is 16.5. The summed E-state index contributed by atoms with van der Waals surface area (Å²) in [5.41, 5.74) is 2.08. The average Bonchev–Trinajstić information content (AvgIpc) is 3.04. The highest BCUT2D eigenvalue weighted by Crippen LogP contribution is 2.23. The predicted molar refractivity (Wildman–Crippen MR) is 97.1 cm³/mol. The summed E-state index contributed by atoms with van der Waals surface area (Å²) in [4.78, 5) is 20.8. The molecular formula is C19H24N4O3. The number of hydrogen-bond donors (Lipinski definition) is 0. The van der Waals surface area contributed by atoms with E-state index in [4.69, 9.17) is 9.26 Å². The second-order valence-corrected chi connectivity index (χ2v) is 6.78.